The summed E-state index contributed by atoms with van der Waals surface area (Å²) < 4.78 is 5.54. The van der Waals surface area contributed by atoms with Crippen LogP contribution in [0.5, 0.6) is 0 Å². The van der Waals surface area contributed by atoms with Crippen molar-refractivity contribution in [3.8, 4) is 11.3 Å². The zero-order chi connectivity index (χ0) is 21.2. The molecule has 1 saturated carbocycles. The van der Waals surface area contributed by atoms with Crippen molar-refractivity contribution in [2.45, 2.75) is 78.6 Å². The molecule has 1 aliphatic carbocycles. The zero-order valence-corrected chi connectivity index (χ0v) is 18.6. The first kappa shape index (κ1) is 21.5. The Hall–Kier alpha value is -2.24. The molecule has 158 valence electrons. The molecule has 0 spiro atoms. The maximum Gasteiger partial charge on any atom is 0.222 e. The monoisotopic (exact) mass is 398 g/mol. The second-order valence-corrected chi connectivity index (χ2v) is 9.69. The highest BCUT2D eigenvalue weighted by Gasteiger charge is 2.29. The van der Waals surface area contributed by atoms with Gasteiger partial charge in [0.2, 0.25) is 5.91 Å². The summed E-state index contributed by atoms with van der Waals surface area (Å²) in [4.78, 5) is 21.5. The van der Waals surface area contributed by atoms with E-state index in [1.165, 1.54) is 0 Å². The van der Waals surface area contributed by atoms with Crippen LogP contribution in [0.4, 0.5) is 0 Å². The molecule has 6 nitrogen and oxygen atoms in total. The summed E-state index contributed by atoms with van der Waals surface area (Å²) in [5.41, 5.74) is 2.78. The number of hydrogen-bond donors (Lipinski definition) is 1. The van der Waals surface area contributed by atoms with Gasteiger partial charge in [0.25, 0.3) is 0 Å². The molecule has 3 rings (SSSR count). The quantitative estimate of drug-likeness (QED) is 0.783. The maximum atomic E-state index is 11.9. The molecule has 2 aromatic rings. The van der Waals surface area contributed by atoms with E-state index in [4.69, 9.17) is 9.51 Å². The molecule has 0 saturated heterocycles. The van der Waals surface area contributed by atoms with Crippen LogP contribution in [0.15, 0.2) is 16.8 Å². The SMILES string of the molecule is Cc1cc(-c2cnc(C(C)(C)C)nc2C2CCC(CNC(=O)C(C)C)CC2)on1. The Kier molecular flexibility index (Phi) is 6.39. The average molecular weight is 399 g/mol. The molecule has 0 atom stereocenters. The van der Waals surface area contributed by atoms with E-state index in [1.54, 1.807) is 0 Å². The Labute approximate surface area is 173 Å². The van der Waals surface area contributed by atoms with Gasteiger partial charge in [0.1, 0.15) is 5.82 Å². The Morgan fingerprint density at radius 3 is 2.48 bits per heavy atom. The first-order valence-corrected chi connectivity index (χ1v) is 10.7. The summed E-state index contributed by atoms with van der Waals surface area (Å²) >= 11 is 0. The number of amides is 1. The fraction of sp³-hybridized carbons (Fsp3) is 0.652. The number of carbonyl (C=O) groups excluding carboxylic acids is 1. The standard InChI is InChI=1S/C23H34N4O2/c1-14(2)21(28)24-12-16-7-9-17(10-8-16)20-18(19-11-15(3)27-29-19)13-25-22(26-20)23(4,5)6/h11,13-14,16-17H,7-10,12H2,1-6H3,(H,24,28). The van der Waals surface area contributed by atoms with Crippen LogP contribution in [-0.4, -0.2) is 27.6 Å². The topological polar surface area (TPSA) is 80.9 Å². The van der Waals surface area contributed by atoms with Crippen LogP contribution < -0.4 is 5.32 Å². The summed E-state index contributed by atoms with van der Waals surface area (Å²) in [6, 6.07) is 1.95. The highest BCUT2D eigenvalue weighted by molar-refractivity contribution is 5.77. The summed E-state index contributed by atoms with van der Waals surface area (Å²) in [5.74, 6) is 2.69. The molecule has 0 unspecified atom stereocenters. The van der Waals surface area contributed by atoms with E-state index in [9.17, 15) is 4.79 Å². The number of carbonyl (C=O) groups is 1. The number of nitrogens with one attached hydrogen (secondary N) is 1. The lowest BCUT2D eigenvalue weighted by Gasteiger charge is -2.30. The van der Waals surface area contributed by atoms with E-state index >= 15 is 0 Å². The number of aryl methyl sites for hydroxylation is 1. The number of hydrogen-bond acceptors (Lipinski definition) is 5. The maximum absolute atomic E-state index is 11.9. The van der Waals surface area contributed by atoms with Gasteiger partial charge in [-0.05, 0) is 38.5 Å². The number of rotatable bonds is 5. The predicted octanol–water partition coefficient (Wildman–Crippen LogP) is 4.78. The van der Waals surface area contributed by atoms with Crippen molar-refractivity contribution in [2.75, 3.05) is 6.54 Å². The van der Waals surface area contributed by atoms with Crippen LogP contribution in [0.25, 0.3) is 11.3 Å². The Bertz CT molecular complexity index is 843. The summed E-state index contributed by atoms with van der Waals surface area (Å²) in [6.07, 6.45) is 6.20. The molecule has 1 amide bonds. The molecular formula is C23H34N4O2. The Morgan fingerprint density at radius 2 is 1.93 bits per heavy atom. The van der Waals surface area contributed by atoms with Crippen LogP contribution in [0.1, 0.15) is 83.4 Å². The molecule has 1 fully saturated rings. The molecule has 0 radical (unpaired) electrons. The minimum atomic E-state index is -0.108. The van der Waals surface area contributed by atoms with Crippen molar-refractivity contribution in [1.29, 1.82) is 0 Å². The number of nitrogens with zero attached hydrogens (tertiary/aromatic N) is 3. The fourth-order valence-corrected chi connectivity index (χ4v) is 3.84. The van der Waals surface area contributed by atoms with Crippen molar-refractivity contribution >= 4 is 5.91 Å². The van der Waals surface area contributed by atoms with Crippen LogP contribution >= 0.6 is 0 Å². The highest BCUT2D eigenvalue weighted by Crippen LogP contribution is 2.39. The molecule has 29 heavy (non-hydrogen) atoms. The van der Waals surface area contributed by atoms with Crippen LogP contribution in [0, 0.1) is 18.8 Å². The molecule has 6 heteroatoms. The van der Waals surface area contributed by atoms with Gasteiger partial charge in [-0.3, -0.25) is 4.79 Å². The third-order valence-electron chi connectivity index (χ3n) is 5.71. The molecule has 2 aromatic heterocycles. The summed E-state index contributed by atoms with van der Waals surface area (Å²) in [6.45, 7) is 13.0. The van der Waals surface area contributed by atoms with Crippen molar-refractivity contribution in [3.63, 3.8) is 0 Å². The molecule has 0 bridgehead atoms. The van der Waals surface area contributed by atoms with Crippen LogP contribution in [-0.2, 0) is 10.2 Å². The van der Waals surface area contributed by atoms with Crippen molar-refractivity contribution in [2.24, 2.45) is 11.8 Å². The van der Waals surface area contributed by atoms with Gasteiger partial charge in [-0.2, -0.15) is 0 Å². The average Bonchev–Trinajstić information content (AvgIpc) is 3.11. The molecule has 1 N–H and O–H groups in total. The first-order valence-electron chi connectivity index (χ1n) is 10.7. The van der Waals surface area contributed by atoms with Gasteiger partial charge in [-0.1, -0.05) is 39.8 Å². The highest BCUT2D eigenvalue weighted by atomic mass is 16.5. The molecule has 0 aromatic carbocycles. The van der Waals surface area contributed by atoms with E-state index < -0.39 is 0 Å². The van der Waals surface area contributed by atoms with Crippen LogP contribution in [0.2, 0.25) is 0 Å². The van der Waals surface area contributed by atoms with Crippen molar-refractivity contribution < 1.29 is 9.32 Å². The molecular weight excluding hydrogens is 364 g/mol. The van der Waals surface area contributed by atoms with Crippen molar-refractivity contribution in [3.05, 3.63) is 29.5 Å². The van der Waals surface area contributed by atoms with Gasteiger partial charge < -0.3 is 9.84 Å². The van der Waals surface area contributed by atoms with Gasteiger partial charge >= 0.3 is 0 Å². The first-order chi connectivity index (χ1) is 13.6. The van der Waals surface area contributed by atoms with Gasteiger partial charge in [-0.15, -0.1) is 0 Å². The van der Waals surface area contributed by atoms with E-state index in [1.807, 2.05) is 33.0 Å². The summed E-state index contributed by atoms with van der Waals surface area (Å²) in [5, 5.41) is 7.13. The Morgan fingerprint density at radius 1 is 1.24 bits per heavy atom. The minimum absolute atomic E-state index is 0.0381. The molecule has 2 heterocycles. The second-order valence-electron chi connectivity index (χ2n) is 9.69. The van der Waals surface area contributed by atoms with E-state index in [-0.39, 0.29) is 17.2 Å². The fourth-order valence-electron chi connectivity index (χ4n) is 3.84. The van der Waals surface area contributed by atoms with E-state index in [2.05, 4.69) is 36.2 Å². The van der Waals surface area contributed by atoms with Crippen molar-refractivity contribution in [1.82, 2.24) is 20.4 Å². The van der Waals surface area contributed by atoms with Gasteiger partial charge in [0.15, 0.2) is 5.76 Å². The van der Waals surface area contributed by atoms with Gasteiger partial charge in [0, 0.05) is 36.1 Å². The lowest BCUT2D eigenvalue weighted by atomic mass is 9.79. The third-order valence-corrected chi connectivity index (χ3v) is 5.71. The second kappa shape index (κ2) is 8.64. The number of aromatic nitrogens is 3. The lowest BCUT2D eigenvalue weighted by molar-refractivity contribution is -0.124. The molecule has 0 aliphatic heterocycles. The Balaban J connectivity index is 1.78. The van der Waals surface area contributed by atoms with Crippen LogP contribution in [0.3, 0.4) is 0 Å². The molecule has 1 aliphatic rings. The summed E-state index contributed by atoms with van der Waals surface area (Å²) in [7, 11) is 0. The smallest absolute Gasteiger partial charge is 0.222 e. The van der Waals surface area contributed by atoms with E-state index in [0.717, 1.165) is 60.8 Å². The minimum Gasteiger partial charge on any atom is -0.356 e. The third kappa shape index (κ3) is 5.22. The van der Waals surface area contributed by atoms with Gasteiger partial charge in [-0.25, -0.2) is 9.97 Å². The normalized spacial score (nSPS) is 20.1. The zero-order valence-electron chi connectivity index (χ0n) is 18.6. The largest absolute Gasteiger partial charge is 0.356 e. The van der Waals surface area contributed by atoms with E-state index in [0.29, 0.717) is 11.8 Å². The van der Waals surface area contributed by atoms with Gasteiger partial charge in [0.05, 0.1) is 17.0 Å². The predicted molar refractivity (Wildman–Crippen MR) is 114 cm³/mol. The lowest BCUT2D eigenvalue weighted by Crippen LogP contribution is -2.33.